The summed E-state index contributed by atoms with van der Waals surface area (Å²) in [6, 6.07) is 0. The van der Waals surface area contributed by atoms with Gasteiger partial charge in [0.15, 0.2) is 0 Å². The molecule has 0 saturated carbocycles. The zero-order chi connectivity index (χ0) is 9.98. The third-order valence-corrected chi connectivity index (χ3v) is 0.745. The second-order valence-corrected chi connectivity index (χ2v) is 2.29. The van der Waals surface area contributed by atoms with Crippen LogP contribution >= 0.6 is 12.2 Å². The van der Waals surface area contributed by atoms with Crippen molar-refractivity contribution >= 4 is 17.6 Å². The summed E-state index contributed by atoms with van der Waals surface area (Å²) in [6.45, 7) is 8.81. The monoisotopic (exact) mass is 185 g/mol. The van der Waals surface area contributed by atoms with Crippen molar-refractivity contribution in [1.82, 2.24) is 0 Å². The van der Waals surface area contributed by atoms with Crippen molar-refractivity contribution in [2.75, 3.05) is 7.11 Å². The highest BCUT2D eigenvalue weighted by Crippen LogP contribution is 1.93. The third kappa shape index (κ3) is 16.0. The van der Waals surface area contributed by atoms with Gasteiger partial charge in [-0.3, -0.25) is 0 Å². The van der Waals surface area contributed by atoms with Crippen LogP contribution in [-0.4, -0.2) is 12.5 Å². The second-order valence-electron chi connectivity index (χ2n) is 1.81. The van der Waals surface area contributed by atoms with Gasteiger partial charge in [0, 0.05) is 5.70 Å². The Hall–Kier alpha value is -1.09. The highest BCUT2D eigenvalue weighted by molar-refractivity contribution is 7.78. The van der Waals surface area contributed by atoms with Gasteiger partial charge in [0.1, 0.15) is 5.76 Å². The van der Waals surface area contributed by atoms with E-state index < -0.39 is 0 Å². The van der Waals surface area contributed by atoms with Crippen molar-refractivity contribution in [3.63, 3.8) is 0 Å². The molecule has 0 heterocycles. The van der Waals surface area contributed by atoms with Gasteiger partial charge in [-0.15, -0.1) is 0 Å². The Morgan fingerprint density at radius 2 is 1.83 bits per heavy atom. The normalized spacial score (nSPS) is 8.17. The molecule has 0 spiro atoms. The highest BCUT2D eigenvalue weighted by Gasteiger charge is 1.79. The minimum atomic E-state index is 0.494. The number of hydrogen-bond donors (Lipinski definition) is 1. The average Bonchev–Trinajstić information content (AvgIpc) is 2.01. The molecule has 0 aliphatic carbocycles. The van der Waals surface area contributed by atoms with Crippen molar-refractivity contribution in [2.45, 2.75) is 6.92 Å². The Kier molecular flexibility index (Phi) is 11.1. The van der Waals surface area contributed by atoms with Gasteiger partial charge < -0.3 is 10.5 Å². The topological polar surface area (TPSA) is 35.2 Å². The van der Waals surface area contributed by atoms with E-state index in [1.807, 2.05) is 6.92 Å². The molecule has 0 unspecified atom stereocenters. The molecule has 2 N–H and O–H groups in total. The summed E-state index contributed by atoms with van der Waals surface area (Å²) >= 11 is 4.27. The van der Waals surface area contributed by atoms with Crippen LogP contribution in [0.5, 0.6) is 0 Å². The second kappa shape index (κ2) is 9.91. The van der Waals surface area contributed by atoms with E-state index in [1.165, 1.54) is 0 Å². The average molecular weight is 185 g/mol. The summed E-state index contributed by atoms with van der Waals surface area (Å²) in [7, 11) is 1.55. The molecule has 0 amide bonds. The fourth-order valence-corrected chi connectivity index (χ4v) is 0.268. The highest BCUT2D eigenvalue weighted by atomic mass is 32.1. The lowest BCUT2D eigenvalue weighted by molar-refractivity contribution is 0.309. The van der Waals surface area contributed by atoms with E-state index in [4.69, 9.17) is 10.5 Å². The van der Waals surface area contributed by atoms with Crippen molar-refractivity contribution in [2.24, 2.45) is 5.73 Å². The van der Waals surface area contributed by atoms with Crippen LogP contribution in [0.25, 0.3) is 0 Å². The van der Waals surface area contributed by atoms with E-state index in [0.29, 0.717) is 11.5 Å². The lowest BCUT2D eigenvalue weighted by Crippen LogP contribution is -1.89. The van der Waals surface area contributed by atoms with Gasteiger partial charge in [0.25, 0.3) is 0 Å². The number of hydrogen-bond acceptors (Lipinski definition) is 3. The van der Waals surface area contributed by atoms with Gasteiger partial charge in [0.05, 0.1) is 7.11 Å². The lowest BCUT2D eigenvalue weighted by atomic mass is 10.4. The molecule has 68 valence electrons. The van der Waals surface area contributed by atoms with E-state index in [2.05, 4.69) is 25.4 Å². The minimum absolute atomic E-state index is 0.494. The molecule has 0 rings (SSSR count). The van der Waals surface area contributed by atoms with Gasteiger partial charge in [-0.05, 0) is 24.4 Å². The Balaban J connectivity index is 0. The first-order valence-electron chi connectivity index (χ1n) is 3.33. The van der Waals surface area contributed by atoms with Crippen molar-refractivity contribution in [3.05, 3.63) is 36.8 Å². The Bertz CT molecular complexity index is 185. The Morgan fingerprint density at radius 1 is 1.42 bits per heavy atom. The van der Waals surface area contributed by atoms with Gasteiger partial charge >= 0.3 is 0 Å². The first-order valence-corrected chi connectivity index (χ1v) is 3.80. The fraction of sp³-hybridized carbons (Fsp3) is 0.222. The Morgan fingerprint density at radius 3 is 2.08 bits per heavy atom. The third-order valence-electron chi connectivity index (χ3n) is 0.745. The molecule has 0 aliphatic heterocycles. The Labute approximate surface area is 79.4 Å². The molecule has 0 aliphatic rings. The van der Waals surface area contributed by atoms with Crippen molar-refractivity contribution in [1.29, 1.82) is 0 Å². The zero-order valence-corrected chi connectivity index (χ0v) is 8.36. The molecule has 0 atom stereocenters. The van der Waals surface area contributed by atoms with Crippen LogP contribution in [-0.2, 0) is 4.74 Å². The van der Waals surface area contributed by atoms with Crippen LogP contribution in [0.15, 0.2) is 36.8 Å². The molecule has 0 aromatic rings. The van der Waals surface area contributed by atoms with E-state index in [9.17, 15) is 0 Å². The molecule has 0 bridgehead atoms. The lowest BCUT2D eigenvalue weighted by Gasteiger charge is -1.94. The van der Waals surface area contributed by atoms with Crippen molar-refractivity contribution < 1.29 is 4.74 Å². The first-order chi connectivity index (χ1) is 5.58. The van der Waals surface area contributed by atoms with Gasteiger partial charge in [-0.1, -0.05) is 25.4 Å². The first kappa shape index (κ1) is 13.5. The number of rotatable bonds is 3. The van der Waals surface area contributed by atoms with Gasteiger partial charge in [-0.25, -0.2) is 0 Å². The van der Waals surface area contributed by atoms with E-state index in [-0.39, 0.29) is 0 Å². The van der Waals surface area contributed by atoms with Crippen LogP contribution in [0.4, 0.5) is 0 Å². The molecule has 12 heavy (non-hydrogen) atoms. The number of ether oxygens (including phenoxy) is 1. The molecule has 0 radical (unpaired) electrons. The smallest absolute Gasteiger partial charge is 0.111 e. The number of nitrogens with two attached hydrogens (primary N) is 1. The molecule has 0 aromatic heterocycles. The molecule has 2 nitrogen and oxygen atoms in total. The molecule has 3 heteroatoms. The SMILES string of the molecule is C=C(N)/C=C\C(=C)OC.CC=S. The zero-order valence-electron chi connectivity index (χ0n) is 7.54. The molecular weight excluding hydrogens is 170 g/mol. The van der Waals surface area contributed by atoms with Crippen LogP contribution < -0.4 is 5.73 Å². The van der Waals surface area contributed by atoms with Crippen LogP contribution in [0, 0.1) is 0 Å². The summed E-state index contributed by atoms with van der Waals surface area (Å²) in [5.74, 6) is 0.571. The van der Waals surface area contributed by atoms with Crippen molar-refractivity contribution in [3.8, 4) is 0 Å². The largest absolute Gasteiger partial charge is 0.497 e. The van der Waals surface area contributed by atoms with E-state index >= 15 is 0 Å². The minimum Gasteiger partial charge on any atom is -0.497 e. The fourth-order valence-electron chi connectivity index (χ4n) is 0.268. The number of allylic oxidation sites excluding steroid dienone is 2. The quantitative estimate of drug-likeness (QED) is 0.416. The van der Waals surface area contributed by atoms with Crippen LogP contribution in [0.2, 0.25) is 0 Å². The standard InChI is InChI=1S/C7H11NO.C2H4S/c1-6(8)4-5-7(2)9-3;1-2-3/h4-5H,1-2,8H2,3H3;2H,1H3/b5-4-;. The maximum atomic E-state index is 5.22. The summed E-state index contributed by atoms with van der Waals surface area (Å²) in [4.78, 5) is 0. The number of thiocarbonyl (C=S) groups is 1. The molecule has 0 aromatic carbocycles. The van der Waals surface area contributed by atoms with Gasteiger partial charge in [0.2, 0.25) is 0 Å². The molecule has 0 fully saturated rings. The van der Waals surface area contributed by atoms with Gasteiger partial charge in [-0.2, -0.15) is 0 Å². The summed E-state index contributed by atoms with van der Waals surface area (Å²) < 4.78 is 4.72. The predicted molar refractivity (Wildman–Crippen MR) is 57.9 cm³/mol. The maximum absolute atomic E-state index is 5.22. The maximum Gasteiger partial charge on any atom is 0.111 e. The molecule has 0 saturated heterocycles. The number of methoxy groups -OCH3 is 1. The molecular formula is C9H15NOS. The predicted octanol–water partition coefficient (Wildman–Crippen LogP) is 2.18. The van der Waals surface area contributed by atoms with E-state index in [0.717, 1.165) is 0 Å². The van der Waals surface area contributed by atoms with Crippen LogP contribution in [0.3, 0.4) is 0 Å². The van der Waals surface area contributed by atoms with Crippen LogP contribution in [0.1, 0.15) is 6.92 Å². The summed E-state index contributed by atoms with van der Waals surface area (Å²) in [5, 5.41) is 1.58. The summed E-state index contributed by atoms with van der Waals surface area (Å²) in [6.07, 6.45) is 3.29. The summed E-state index contributed by atoms with van der Waals surface area (Å²) in [5.41, 5.74) is 5.71. The van der Waals surface area contributed by atoms with E-state index in [1.54, 1.807) is 24.6 Å².